The molecule has 1 aromatic carbocycles. The molecule has 6 heteroatoms. The Bertz CT molecular complexity index is 642. The molecule has 5 nitrogen and oxygen atoms in total. The summed E-state index contributed by atoms with van der Waals surface area (Å²) in [6.45, 7) is 4.10. The summed E-state index contributed by atoms with van der Waals surface area (Å²) in [4.78, 5) is 5.62. The lowest BCUT2D eigenvalue weighted by molar-refractivity contribution is 0.310. The van der Waals surface area contributed by atoms with Gasteiger partial charge in [-0.2, -0.15) is 0 Å². The molecule has 0 aliphatic carbocycles. The van der Waals surface area contributed by atoms with Crippen LogP contribution in [-0.2, 0) is 13.0 Å². The quantitative estimate of drug-likeness (QED) is 0.569. The number of aliphatic imine (C=N–C) groups is 1. The zero-order valence-corrected chi connectivity index (χ0v) is 15.3. The lowest BCUT2D eigenvalue weighted by Crippen LogP contribution is -2.37. The molecule has 0 aliphatic rings. The summed E-state index contributed by atoms with van der Waals surface area (Å²) in [5.41, 5.74) is 1.11. The van der Waals surface area contributed by atoms with Gasteiger partial charge in [0, 0.05) is 25.0 Å². The van der Waals surface area contributed by atoms with E-state index in [1.54, 1.807) is 25.5 Å². The Labute approximate surface area is 147 Å². The van der Waals surface area contributed by atoms with Crippen molar-refractivity contribution in [1.82, 2.24) is 10.6 Å². The van der Waals surface area contributed by atoms with Crippen molar-refractivity contribution in [2.45, 2.75) is 19.9 Å². The second kappa shape index (κ2) is 9.82. The van der Waals surface area contributed by atoms with Crippen molar-refractivity contribution in [3.8, 4) is 11.5 Å². The zero-order chi connectivity index (χ0) is 17.2. The van der Waals surface area contributed by atoms with Gasteiger partial charge in [0.15, 0.2) is 17.5 Å². The maximum atomic E-state index is 5.54. The molecule has 0 unspecified atom stereocenters. The van der Waals surface area contributed by atoms with Gasteiger partial charge in [0.2, 0.25) is 0 Å². The third kappa shape index (κ3) is 5.45. The highest BCUT2D eigenvalue weighted by Crippen LogP contribution is 2.27. The topological polar surface area (TPSA) is 54.9 Å². The van der Waals surface area contributed by atoms with E-state index in [2.05, 4.69) is 33.1 Å². The average Bonchev–Trinajstić information content (AvgIpc) is 3.12. The molecule has 0 radical (unpaired) electrons. The molecule has 0 aliphatic heterocycles. The first-order chi connectivity index (χ1) is 11.8. The van der Waals surface area contributed by atoms with Gasteiger partial charge < -0.3 is 20.1 Å². The van der Waals surface area contributed by atoms with Gasteiger partial charge in [0.25, 0.3) is 0 Å². The highest BCUT2D eigenvalue weighted by molar-refractivity contribution is 7.09. The molecule has 24 heavy (non-hydrogen) atoms. The first-order valence-electron chi connectivity index (χ1n) is 8.03. The Hall–Kier alpha value is -2.21. The number of ether oxygens (including phenoxy) is 2. The lowest BCUT2D eigenvalue weighted by Gasteiger charge is -2.14. The standard InChI is InChI=1S/C18H25N3O2S/c1-4-23-16-8-7-14(12-17(16)22-3)13-21-18(19-2)20-10-9-15-6-5-11-24-15/h5-8,11-12H,4,9-10,13H2,1-3H3,(H2,19,20,21). The van der Waals surface area contributed by atoms with Crippen LogP contribution in [0.2, 0.25) is 0 Å². The van der Waals surface area contributed by atoms with Crippen molar-refractivity contribution in [2.75, 3.05) is 27.3 Å². The van der Waals surface area contributed by atoms with Crippen LogP contribution in [0.1, 0.15) is 17.4 Å². The van der Waals surface area contributed by atoms with Crippen LogP contribution in [0.3, 0.4) is 0 Å². The summed E-state index contributed by atoms with van der Waals surface area (Å²) < 4.78 is 10.9. The molecule has 1 aromatic heterocycles. The molecule has 1 heterocycles. The number of nitrogens with zero attached hydrogens (tertiary/aromatic N) is 1. The largest absolute Gasteiger partial charge is 0.493 e. The van der Waals surface area contributed by atoms with Crippen molar-refractivity contribution >= 4 is 17.3 Å². The van der Waals surface area contributed by atoms with Crippen molar-refractivity contribution in [3.05, 3.63) is 46.2 Å². The maximum absolute atomic E-state index is 5.54. The van der Waals surface area contributed by atoms with E-state index in [1.807, 2.05) is 25.1 Å². The van der Waals surface area contributed by atoms with Gasteiger partial charge in [-0.15, -0.1) is 11.3 Å². The number of methoxy groups -OCH3 is 1. The van der Waals surface area contributed by atoms with Crippen LogP contribution >= 0.6 is 11.3 Å². The van der Waals surface area contributed by atoms with Gasteiger partial charge in [0.1, 0.15) is 0 Å². The third-order valence-electron chi connectivity index (χ3n) is 3.46. The number of rotatable bonds is 8. The van der Waals surface area contributed by atoms with Crippen LogP contribution in [-0.4, -0.2) is 33.3 Å². The van der Waals surface area contributed by atoms with E-state index in [1.165, 1.54) is 4.88 Å². The van der Waals surface area contributed by atoms with Crippen LogP contribution in [0.5, 0.6) is 11.5 Å². The van der Waals surface area contributed by atoms with Crippen LogP contribution in [0.15, 0.2) is 40.7 Å². The zero-order valence-electron chi connectivity index (χ0n) is 14.5. The summed E-state index contributed by atoms with van der Waals surface area (Å²) in [6.07, 6.45) is 0.995. The van der Waals surface area contributed by atoms with E-state index in [9.17, 15) is 0 Å². The molecule has 0 fully saturated rings. The monoisotopic (exact) mass is 347 g/mol. The highest BCUT2D eigenvalue weighted by atomic mass is 32.1. The normalized spacial score (nSPS) is 11.2. The second-order valence-electron chi connectivity index (χ2n) is 5.10. The molecular weight excluding hydrogens is 322 g/mol. The number of guanidine groups is 1. The average molecular weight is 347 g/mol. The van der Waals surface area contributed by atoms with Crippen LogP contribution in [0, 0.1) is 0 Å². The number of nitrogens with one attached hydrogen (secondary N) is 2. The Morgan fingerprint density at radius 3 is 2.75 bits per heavy atom. The molecular formula is C18H25N3O2S. The third-order valence-corrected chi connectivity index (χ3v) is 4.39. The fourth-order valence-electron chi connectivity index (χ4n) is 2.26. The van der Waals surface area contributed by atoms with Gasteiger partial charge in [0.05, 0.1) is 13.7 Å². The van der Waals surface area contributed by atoms with Gasteiger partial charge in [-0.3, -0.25) is 4.99 Å². The smallest absolute Gasteiger partial charge is 0.191 e. The first-order valence-corrected chi connectivity index (χ1v) is 8.91. The van der Waals surface area contributed by atoms with Crippen molar-refractivity contribution in [1.29, 1.82) is 0 Å². The summed E-state index contributed by atoms with van der Waals surface area (Å²) in [5, 5.41) is 8.74. The minimum Gasteiger partial charge on any atom is -0.493 e. The number of benzene rings is 1. The van der Waals surface area contributed by atoms with Crippen molar-refractivity contribution in [3.63, 3.8) is 0 Å². The molecule has 0 bridgehead atoms. The van der Waals surface area contributed by atoms with Crippen LogP contribution in [0.4, 0.5) is 0 Å². The van der Waals surface area contributed by atoms with E-state index in [0.29, 0.717) is 13.2 Å². The lowest BCUT2D eigenvalue weighted by atomic mass is 10.2. The molecule has 2 rings (SSSR count). The van der Waals surface area contributed by atoms with E-state index in [0.717, 1.165) is 36.0 Å². The van der Waals surface area contributed by atoms with Crippen molar-refractivity contribution in [2.24, 2.45) is 4.99 Å². The molecule has 130 valence electrons. The Morgan fingerprint density at radius 2 is 2.08 bits per heavy atom. The predicted octanol–water partition coefficient (Wildman–Crippen LogP) is 3.06. The molecule has 0 saturated carbocycles. The van der Waals surface area contributed by atoms with Crippen LogP contribution < -0.4 is 20.1 Å². The maximum Gasteiger partial charge on any atom is 0.191 e. The van der Waals surface area contributed by atoms with E-state index < -0.39 is 0 Å². The molecule has 2 aromatic rings. The van der Waals surface area contributed by atoms with Crippen LogP contribution in [0.25, 0.3) is 0 Å². The SMILES string of the molecule is CCOc1ccc(CNC(=NC)NCCc2cccs2)cc1OC. The minimum absolute atomic E-state index is 0.620. The molecule has 0 atom stereocenters. The van der Waals surface area contributed by atoms with Gasteiger partial charge >= 0.3 is 0 Å². The fourth-order valence-corrected chi connectivity index (χ4v) is 2.97. The molecule has 0 spiro atoms. The number of hydrogen-bond donors (Lipinski definition) is 2. The summed E-state index contributed by atoms with van der Waals surface area (Å²) >= 11 is 1.78. The van der Waals surface area contributed by atoms with Gasteiger partial charge in [-0.25, -0.2) is 0 Å². The highest BCUT2D eigenvalue weighted by Gasteiger charge is 2.06. The van der Waals surface area contributed by atoms with E-state index >= 15 is 0 Å². The minimum atomic E-state index is 0.620. The molecule has 2 N–H and O–H groups in total. The fraction of sp³-hybridized carbons (Fsp3) is 0.389. The van der Waals surface area contributed by atoms with Crippen molar-refractivity contribution < 1.29 is 9.47 Å². The van der Waals surface area contributed by atoms with Gasteiger partial charge in [-0.1, -0.05) is 12.1 Å². The first kappa shape index (κ1) is 18.1. The Balaban J connectivity index is 1.83. The second-order valence-corrected chi connectivity index (χ2v) is 6.13. The Kier molecular flexibility index (Phi) is 7.42. The summed E-state index contributed by atoms with van der Waals surface area (Å²) in [6, 6.07) is 10.2. The Morgan fingerprint density at radius 1 is 1.21 bits per heavy atom. The van der Waals surface area contributed by atoms with Gasteiger partial charge in [-0.05, 0) is 42.5 Å². The summed E-state index contributed by atoms with van der Waals surface area (Å²) in [5.74, 6) is 2.30. The van der Waals surface area contributed by atoms with E-state index in [4.69, 9.17) is 9.47 Å². The predicted molar refractivity (Wildman–Crippen MR) is 100 cm³/mol. The van der Waals surface area contributed by atoms with E-state index in [-0.39, 0.29) is 0 Å². The number of hydrogen-bond acceptors (Lipinski definition) is 4. The molecule has 0 saturated heterocycles. The molecule has 0 amide bonds. The number of thiophene rings is 1. The summed E-state index contributed by atoms with van der Waals surface area (Å²) in [7, 11) is 3.43.